The second-order valence-corrected chi connectivity index (χ2v) is 4.67. The number of rotatable bonds is 4. The third-order valence-corrected chi connectivity index (χ3v) is 2.92. The molecular weight excluding hydrogens is 305 g/mol. The number of anilines is 1. The molecule has 2 aromatic rings. The highest BCUT2D eigenvalue weighted by Crippen LogP contribution is 2.22. The number of carbonyl (C=O) groups is 2. The molecule has 0 unspecified atom stereocenters. The molecule has 20 heavy (non-hydrogen) atoms. The number of benzene rings is 1. The van der Waals surface area contributed by atoms with Gasteiger partial charge in [-0.25, -0.2) is 0 Å². The lowest BCUT2D eigenvalue weighted by molar-refractivity contribution is -0.135. The molecule has 2 rings (SSSR count). The average Bonchev–Trinajstić information content (AvgIpc) is 2.83. The van der Waals surface area contributed by atoms with E-state index in [-0.39, 0.29) is 11.0 Å². The molecule has 0 atom stereocenters. The van der Waals surface area contributed by atoms with Gasteiger partial charge in [-0.2, -0.15) is 0 Å². The van der Waals surface area contributed by atoms with Crippen molar-refractivity contribution in [3.05, 3.63) is 52.4 Å². The maximum absolute atomic E-state index is 12.3. The minimum Gasteiger partial charge on any atom is -0.480 e. The van der Waals surface area contributed by atoms with Crippen molar-refractivity contribution in [3.63, 3.8) is 0 Å². The Balaban J connectivity index is 2.34. The predicted molar refractivity (Wildman–Crippen MR) is 74.5 cm³/mol. The van der Waals surface area contributed by atoms with Gasteiger partial charge in [0.15, 0.2) is 11.0 Å². The smallest absolute Gasteiger partial charge is 0.323 e. The van der Waals surface area contributed by atoms with E-state index in [0.717, 1.165) is 4.90 Å². The molecule has 1 aromatic heterocycles. The van der Waals surface area contributed by atoms with Gasteiger partial charge in [-0.3, -0.25) is 14.5 Å². The molecule has 0 aliphatic rings. The summed E-state index contributed by atoms with van der Waals surface area (Å²) in [6, 6.07) is 9.02. The highest BCUT2D eigenvalue weighted by Gasteiger charge is 2.23. The Morgan fingerprint density at radius 1 is 1.10 bits per heavy atom. The standard InChI is InChI=1S/C13H9Cl2NO4/c14-8-1-3-9(4-2-8)16(7-12(17)18)13(19)10-5-6-11(15)20-10/h1-6H,7H2,(H,17,18). The molecule has 0 aliphatic carbocycles. The van der Waals surface area contributed by atoms with Crippen LogP contribution < -0.4 is 4.90 Å². The van der Waals surface area contributed by atoms with E-state index < -0.39 is 18.4 Å². The van der Waals surface area contributed by atoms with Gasteiger partial charge in [0, 0.05) is 10.7 Å². The van der Waals surface area contributed by atoms with Crippen molar-refractivity contribution in [1.82, 2.24) is 0 Å². The zero-order valence-corrected chi connectivity index (χ0v) is 11.6. The Morgan fingerprint density at radius 2 is 1.75 bits per heavy atom. The van der Waals surface area contributed by atoms with Crippen molar-refractivity contribution in [2.75, 3.05) is 11.4 Å². The number of amides is 1. The number of halogens is 2. The van der Waals surface area contributed by atoms with E-state index in [1.54, 1.807) is 24.3 Å². The molecular formula is C13H9Cl2NO4. The minimum absolute atomic E-state index is 0.0359. The van der Waals surface area contributed by atoms with Crippen molar-refractivity contribution >= 4 is 40.8 Å². The van der Waals surface area contributed by atoms with E-state index in [1.165, 1.54) is 12.1 Å². The predicted octanol–water partition coefficient (Wildman–Crippen LogP) is 3.32. The molecule has 5 nitrogen and oxygen atoms in total. The molecule has 1 heterocycles. The lowest BCUT2D eigenvalue weighted by Gasteiger charge is -2.19. The first-order chi connectivity index (χ1) is 9.47. The Morgan fingerprint density at radius 3 is 2.25 bits per heavy atom. The lowest BCUT2D eigenvalue weighted by Crippen LogP contribution is -2.35. The number of carboxylic acids is 1. The summed E-state index contributed by atoms with van der Waals surface area (Å²) in [5.41, 5.74) is 0.398. The number of hydrogen-bond donors (Lipinski definition) is 1. The number of nitrogens with zero attached hydrogens (tertiary/aromatic N) is 1. The van der Waals surface area contributed by atoms with Crippen LogP contribution in [0.2, 0.25) is 10.2 Å². The van der Waals surface area contributed by atoms with Gasteiger partial charge in [-0.1, -0.05) is 11.6 Å². The molecule has 0 saturated heterocycles. The number of carbonyl (C=O) groups excluding carboxylic acids is 1. The third kappa shape index (κ3) is 3.31. The maximum Gasteiger partial charge on any atom is 0.323 e. The van der Waals surface area contributed by atoms with Gasteiger partial charge in [0.2, 0.25) is 0 Å². The highest BCUT2D eigenvalue weighted by molar-refractivity contribution is 6.30. The first-order valence-corrected chi connectivity index (χ1v) is 6.27. The van der Waals surface area contributed by atoms with Gasteiger partial charge in [0.25, 0.3) is 5.91 Å². The summed E-state index contributed by atoms with van der Waals surface area (Å²) in [6.45, 7) is -0.501. The summed E-state index contributed by atoms with van der Waals surface area (Å²) in [5.74, 6) is -1.78. The van der Waals surface area contributed by atoms with Crippen LogP contribution in [0.1, 0.15) is 10.6 Å². The van der Waals surface area contributed by atoms with Crippen molar-refractivity contribution in [2.24, 2.45) is 0 Å². The fourth-order valence-electron chi connectivity index (χ4n) is 1.60. The van der Waals surface area contributed by atoms with Gasteiger partial charge < -0.3 is 9.52 Å². The fourth-order valence-corrected chi connectivity index (χ4v) is 1.87. The Hall–Kier alpha value is -1.98. The normalized spacial score (nSPS) is 10.3. The summed E-state index contributed by atoms with van der Waals surface area (Å²) < 4.78 is 5.01. The van der Waals surface area contributed by atoms with Gasteiger partial charge in [-0.05, 0) is 48.0 Å². The molecule has 104 valence electrons. The molecule has 0 fully saturated rings. The van der Waals surface area contributed by atoms with Gasteiger partial charge in [-0.15, -0.1) is 0 Å². The van der Waals surface area contributed by atoms with Crippen LogP contribution in [-0.2, 0) is 4.79 Å². The number of hydrogen-bond acceptors (Lipinski definition) is 3. The Bertz CT molecular complexity index is 636. The summed E-state index contributed by atoms with van der Waals surface area (Å²) in [7, 11) is 0. The van der Waals surface area contributed by atoms with E-state index in [1.807, 2.05) is 0 Å². The van der Waals surface area contributed by atoms with E-state index in [2.05, 4.69) is 0 Å². The van der Waals surface area contributed by atoms with Crippen LogP contribution in [-0.4, -0.2) is 23.5 Å². The highest BCUT2D eigenvalue weighted by atomic mass is 35.5. The molecule has 0 radical (unpaired) electrons. The van der Waals surface area contributed by atoms with Crippen molar-refractivity contribution in [3.8, 4) is 0 Å². The monoisotopic (exact) mass is 313 g/mol. The van der Waals surface area contributed by atoms with E-state index >= 15 is 0 Å². The zero-order valence-electron chi connectivity index (χ0n) is 10.0. The summed E-state index contributed by atoms with van der Waals surface area (Å²) in [4.78, 5) is 24.2. The van der Waals surface area contributed by atoms with E-state index in [4.69, 9.17) is 32.7 Å². The summed E-state index contributed by atoms with van der Waals surface area (Å²) in [5, 5.41) is 9.46. The SMILES string of the molecule is O=C(O)CN(C(=O)c1ccc(Cl)o1)c1ccc(Cl)cc1. The van der Waals surface area contributed by atoms with Crippen LogP contribution in [0.15, 0.2) is 40.8 Å². The molecule has 0 bridgehead atoms. The molecule has 0 saturated carbocycles. The van der Waals surface area contributed by atoms with E-state index in [9.17, 15) is 9.59 Å². The van der Waals surface area contributed by atoms with Crippen molar-refractivity contribution < 1.29 is 19.1 Å². The van der Waals surface area contributed by atoms with Gasteiger partial charge in [0.1, 0.15) is 6.54 Å². The second kappa shape index (κ2) is 5.98. The Kier molecular flexibility index (Phi) is 4.32. The zero-order chi connectivity index (χ0) is 14.7. The van der Waals surface area contributed by atoms with Crippen LogP contribution in [0.5, 0.6) is 0 Å². The summed E-state index contributed by atoms with van der Waals surface area (Å²) >= 11 is 11.4. The maximum atomic E-state index is 12.3. The first-order valence-electron chi connectivity index (χ1n) is 5.52. The third-order valence-electron chi connectivity index (χ3n) is 2.46. The summed E-state index contributed by atoms with van der Waals surface area (Å²) in [6.07, 6.45) is 0. The first kappa shape index (κ1) is 14.4. The quantitative estimate of drug-likeness (QED) is 0.940. The topological polar surface area (TPSA) is 70.8 Å². The number of aliphatic carboxylic acids is 1. The fraction of sp³-hybridized carbons (Fsp3) is 0.0769. The van der Waals surface area contributed by atoms with Gasteiger partial charge in [0.05, 0.1) is 0 Å². The molecule has 0 aliphatic heterocycles. The molecule has 1 aromatic carbocycles. The number of carboxylic acid groups (broad SMARTS) is 1. The van der Waals surface area contributed by atoms with Crippen LogP contribution in [0.4, 0.5) is 5.69 Å². The van der Waals surface area contributed by atoms with Crippen LogP contribution in [0.3, 0.4) is 0 Å². The molecule has 1 N–H and O–H groups in total. The molecule has 7 heteroatoms. The molecule has 0 spiro atoms. The average molecular weight is 314 g/mol. The minimum atomic E-state index is -1.15. The largest absolute Gasteiger partial charge is 0.480 e. The van der Waals surface area contributed by atoms with Crippen molar-refractivity contribution in [2.45, 2.75) is 0 Å². The van der Waals surface area contributed by atoms with Crippen LogP contribution in [0, 0.1) is 0 Å². The van der Waals surface area contributed by atoms with Crippen molar-refractivity contribution in [1.29, 1.82) is 0 Å². The van der Waals surface area contributed by atoms with Gasteiger partial charge >= 0.3 is 5.97 Å². The molecule has 1 amide bonds. The Labute approximate surface area is 124 Å². The number of furan rings is 1. The van der Waals surface area contributed by atoms with Crippen LogP contribution >= 0.6 is 23.2 Å². The second-order valence-electron chi connectivity index (χ2n) is 3.87. The van der Waals surface area contributed by atoms with E-state index in [0.29, 0.717) is 10.7 Å². The van der Waals surface area contributed by atoms with Crippen LogP contribution in [0.25, 0.3) is 0 Å². The lowest BCUT2D eigenvalue weighted by atomic mass is 10.2.